The maximum atomic E-state index is 12.5. The number of amides is 1. The Bertz CT molecular complexity index is 723. The van der Waals surface area contributed by atoms with Crippen LogP contribution in [-0.4, -0.2) is 22.9 Å². The van der Waals surface area contributed by atoms with Crippen LogP contribution in [-0.2, 0) is 9.53 Å². The van der Waals surface area contributed by atoms with E-state index in [1.54, 1.807) is 19.1 Å². The molecule has 6 heteroatoms. The molecular weight excluding hydrogens is 312 g/mol. The molecule has 5 nitrogen and oxygen atoms in total. The largest absolute Gasteiger partial charge is 0.443 e. The van der Waals surface area contributed by atoms with E-state index in [0.29, 0.717) is 16.1 Å². The molecule has 2 aromatic rings. The maximum absolute atomic E-state index is 12.5. The monoisotopic (exact) mass is 330 g/mol. The van der Waals surface area contributed by atoms with Crippen molar-refractivity contribution in [3.63, 3.8) is 0 Å². The number of hydrogen-bond acceptors (Lipinski definition) is 5. The predicted octanol–water partition coefficient (Wildman–Crippen LogP) is 2.94. The fourth-order valence-corrected chi connectivity index (χ4v) is 3.09. The molecule has 0 radical (unpaired) electrons. The van der Waals surface area contributed by atoms with Crippen LogP contribution in [0, 0.1) is 13.8 Å². The van der Waals surface area contributed by atoms with Crippen molar-refractivity contribution in [2.24, 2.45) is 0 Å². The zero-order chi connectivity index (χ0) is 16.4. The van der Waals surface area contributed by atoms with Gasteiger partial charge in [-0.05, 0) is 26.7 Å². The Morgan fingerprint density at radius 2 is 1.96 bits per heavy atom. The van der Waals surface area contributed by atoms with Crippen molar-refractivity contribution >= 4 is 23.2 Å². The smallest absolute Gasteiger partial charge is 0.351 e. The average molecular weight is 330 g/mol. The number of rotatable bonds is 5. The van der Waals surface area contributed by atoms with Gasteiger partial charge in [0, 0.05) is 11.6 Å². The molecule has 0 bridgehead atoms. The molecule has 120 valence electrons. The SMILES string of the molecule is Cc1nc(C)c(C(=O)O[C@H](C(=O)NC2CC2)c2ccccc2)s1. The van der Waals surface area contributed by atoms with E-state index >= 15 is 0 Å². The first-order valence-corrected chi connectivity index (χ1v) is 8.36. The number of carbonyl (C=O) groups is 2. The Balaban J connectivity index is 1.81. The Hall–Kier alpha value is -2.21. The molecule has 1 aromatic carbocycles. The van der Waals surface area contributed by atoms with E-state index < -0.39 is 12.1 Å². The number of benzene rings is 1. The van der Waals surface area contributed by atoms with Gasteiger partial charge in [0.2, 0.25) is 6.10 Å². The van der Waals surface area contributed by atoms with Crippen molar-refractivity contribution < 1.29 is 14.3 Å². The number of aromatic nitrogens is 1. The quantitative estimate of drug-likeness (QED) is 0.856. The molecule has 0 aliphatic heterocycles. The minimum atomic E-state index is -0.939. The normalized spacial score (nSPS) is 15.0. The van der Waals surface area contributed by atoms with Gasteiger partial charge in [0.15, 0.2) is 0 Å². The van der Waals surface area contributed by atoms with E-state index in [2.05, 4.69) is 10.3 Å². The van der Waals surface area contributed by atoms with E-state index in [0.717, 1.165) is 17.8 Å². The lowest BCUT2D eigenvalue weighted by atomic mass is 10.1. The second-order valence-corrected chi connectivity index (χ2v) is 6.83. The highest BCUT2D eigenvalue weighted by Gasteiger charge is 2.31. The number of nitrogens with one attached hydrogen (secondary N) is 1. The molecule has 1 saturated carbocycles. The number of carbonyl (C=O) groups excluding carboxylic acids is 2. The van der Waals surface area contributed by atoms with Crippen molar-refractivity contribution in [2.75, 3.05) is 0 Å². The average Bonchev–Trinajstić information content (AvgIpc) is 3.27. The van der Waals surface area contributed by atoms with Gasteiger partial charge in [0.1, 0.15) is 4.88 Å². The lowest BCUT2D eigenvalue weighted by molar-refractivity contribution is -0.130. The van der Waals surface area contributed by atoms with Crippen LogP contribution in [0.15, 0.2) is 30.3 Å². The molecule has 1 fully saturated rings. The molecule has 23 heavy (non-hydrogen) atoms. The highest BCUT2D eigenvalue weighted by atomic mass is 32.1. The number of esters is 1. The molecule has 1 amide bonds. The Morgan fingerprint density at radius 1 is 1.26 bits per heavy atom. The summed E-state index contributed by atoms with van der Waals surface area (Å²) in [6.07, 6.45) is 1.02. The second kappa shape index (κ2) is 6.50. The summed E-state index contributed by atoms with van der Waals surface area (Å²) >= 11 is 1.28. The van der Waals surface area contributed by atoms with Gasteiger partial charge in [-0.15, -0.1) is 11.3 Å². The third-order valence-electron chi connectivity index (χ3n) is 3.58. The van der Waals surface area contributed by atoms with Crippen LogP contribution in [0.2, 0.25) is 0 Å². The first kappa shape index (κ1) is 15.7. The predicted molar refractivity (Wildman–Crippen MR) is 87.4 cm³/mol. The second-order valence-electron chi connectivity index (χ2n) is 5.63. The van der Waals surface area contributed by atoms with Crippen LogP contribution in [0.4, 0.5) is 0 Å². The maximum Gasteiger partial charge on any atom is 0.351 e. The Morgan fingerprint density at radius 3 is 2.52 bits per heavy atom. The van der Waals surface area contributed by atoms with Crippen molar-refractivity contribution in [2.45, 2.75) is 38.8 Å². The standard InChI is InChI=1S/C17H18N2O3S/c1-10-15(23-11(2)18-10)17(21)22-14(12-6-4-3-5-7-12)16(20)19-13-8-9-13/h3-7,13-14H,8-9H2,1-2H3,(H,19,20)/t14-/m0/s1. The summed E-state index contributed by atoms with van der Waals surface area (Å²) < 4.78 is 5.53. The zero-order valence-corrected chi connectivity index (χ0v) is 13.9. The van der Waals surface area contributed by atoms with E-state index in [1.165, 1.54) is 11.3 Å². The van der Waals surface area contributed by atoms with Crippen LogP contribution in [0.3, 0.4) is 0 Å². The Kier molecular flexibility index (Phi) is 4.43. The minimum absolute atomic E-state index is 0.208. The van der Waals surface area contributed by atoms with Gasteiger partial charge in [-0.25, -0.2) is 9.78 Å². The van der Waals surface area contributed by atoms with Gasteiger partial charge in [0.25, 0.3) is 5.91 Å². The van der Waals surface area contributed by atoms with Crippen molar-refractivity contribution in [3.8, 4) is 0 Å². The van der Waals surface area contributed by atoms with Gasteiger partial charge in [-0.2, -0.15) is 0 Å². The minimum Gasteiger partial charge on any atom is -0.443 e. The molecule has 3 rings (SSSR count). The molecule has 0 saturated heterocycles. The van der Waals surface area contributed by atoms with E-state index in [-0.39, 0.29) is 11.9 Å². The summed E-state index contributed by atoms with van der Waals surface area (Å²) in [7, 11) is 0. The molecular formula is C17H18N2O3S. The molecule has 1 aromatic heterocycles. The van der Waals surface area contributed by atoms with E-state index in [1.807, 2.05) is 25.1 Å². The fraction of sp³-hybridized carbons (Fsp3) is 0.353. The summed E-state index contributed by atoms with van der Waals surface area (Å²) in [6, 6.07) is 9.29. The topological polar surface area (TPSA) is 68.3 Å². The van der Waals surface area contributed by atoms with Crippen LogP contribution in [0.1, 0.15) is 44.9 Å². The highest BCUT2D eigenvalue weighted by molar-refractivity contribution is 7.13. The lowest BCUT2D eigenvalue weighted by Gasteiger charge is -2.17. The van der Waals surface area contributed by atoms with Crippen molar-refractivity contribution in [3.05, 3.63) is 51.5 Å². The molecule has 1 aliphatic carbocycles. The zero-order valence-electron chi connectivity index (χ0n) is 13.0. The summed E-state index contributed by atoms with van der Waals surface area (Å²) in [4.78, 5) is 29.6. The van der Waals surface area contributed by atoms with Crippen molar-refractivity contribution in [1.29, 1.82) is 0 Å². The molecule has 0 unspecified atom stereocenters. The van der Waals surface area contributed by atoms with Crippen LogP contribution < -0.4 is 5.32 Å². The van der Waals surface area contributed by atoms with Gasteiger partial charge >= 0.3 is 5.97 Å². The molecule has 1 heterocycles. The fourth-order valence-electron chi connectivity index (χ4n) is 2.29. The number of hydrogen-bond donors (Lipinski definition) is 1. The van der Waals surface area contributed by atoms with Gasteiger partial charge in [-0.1, -0.05) is 30.3 Å². The van der Waals surface area contributed by atoms with Gasteiger partial charge < -0.3 is 10.1 Å². The van der Waals surface area contributed by atoms with Gasteiger partial charge in [0.05, 0.1) is 10.7 Å². The summed E-state index contributed by atoms with van der Waals surface area (Å²) in [5.74, 6) is -0.779. The summed E-state index contributed by atoms with van der Waals surface area (Å²) in [5, 5.41) is 3.70. The molecule has 1 atom stereocenters. The van der Waals surface area contributed by atoms with E-state index in [9.17, 15) is 9.59 Å². The summed E-state index contributed by atoms with van der Waals surface area (Å²) in [6.45, 7) is 3.60. The van der Waals surface area contributed by atoms with E-state index in [4.69, 9.17) is 4.74 Å². The number of nitrogens with zero attached hydrogens (tertiary/aromatic N) is 1. The highest BCUT2D eigenvalue weighted by Crippen LogP contribution is 2.26. The Labute approximate surface area is 138 Å². The molecule has 1 N–H and O–H groups in total. The van der Waals surface area contributed by atoms with Crippen LogP contribution >= 0.6 is 11.3 Å². The third kappa shape index (κ3) is 3.76. The lowest BCUT2D eigenvalue weighted by Crippen LogP contribution is -2.33. The number of thiazole rings is 1. The van der Waals surface area contributed by atoms with Crippen molar-refractivity contribution in [1.82, 2.24) is 10.3 Å². The third-order valence-corrected chi connectivity index (χ3v) is 4.63. The molecule has 1 aliphatic rings. The van der Waals surface area contributed by atoms with Crippen LogP contribution in [0.5, 0.6) is 0 Å². The van der Waals surface area contributed by atoms with Crippen LogP contribution in [0.25, 0.3) is 0 Å². The first-order valence-electron chi connectivity index (χ1n) is 7.55. The first-order chi connectivity index (χ1) is 11.0. The number of ether oxygens (including phenoxy) is 1. The summed E-state index contributed by atoms with van der Waals surface area (Å²) in [5.41, 5.74) is 1.30. The van der Waals surface area contributed by atoms with Gasteiger partial charge in [-0.3, -0.25) is 4.79 Å². The number of aryl methyl sites for hydroxylation is 2. The molecule has 0 spiro atoms.